The molecule has 3 heterocycles. The first kappa shape index (κ1) is 28.4. The van der Waals surface area contributed by atoms with Crippen LogP contribution in [0, 0.1) is 6.92 Å². The van der Waals surface area contributed by atoms with Crippen LogP contribution in [0.1, 0.15) is 30.4 Å². The average molecular weight is 566 g/mol. The molecule has 3 N–H and O–H groups in total. The van der Waals surface area contributed by atoms with Crippen molar-refractivity contribution in [3.8, 4) is 22.9 Å². The van der Waals surface area contributed by atoms with Gasteiger partial charge < -0.3 is 20.5 Å². The van der Waals surface area contributed by atoms with Gasteiger partial charge in [-0.1, -0.05) is 30.3 Å². The molecule has 214 valence electrons. The first-order chi connectivity index (χ1) is 19.7. The van der Waals surface area contributed by atoms with Gasteiger partial charge in [0.05, 0.1) is 11.3 Å². The smallest absolute Gasteiger partial charge is 0.414 e. The third-order valence-electron chi connectivity index (χ3n) is 7.02. The second kappa shape index (κ2) is 12.2. The van der Waals surface area contributed by atoms with Gasteiger partial charge in [-0.05, 0) is 61.0 Å². The number of hydrogen-bond donors (Lipinski definition) is 3. The zero-order valence-corrected chi connectivity index (χ0v) is 22.4. The number of Topliss-reactive ketones (excluding diaryl/α,β-unsaturated/α-hetero) is 1. The highest BCUT2D eigenvalue weighted by atomic mass is 19.4. The number of piperidine rings is 1. The lowest BCUT2D eigenvalue weighted by atomic mass is 9.96. The summed E-state index contributed by atoms with van der Waals surface area (Å²) in [6, 6.07) is 14.5. The molecule has 2 aromatic carbocycles. The molecule has 0 saturated carbocycles. The predicted molar refractivity (Wildman–Crippen MR) is 149 cm³/mol. The van der Waals surface area contributed by atoms with Crippen LogP contribution in [0.4, 0.5) is 19.1 Å². The number of nitrogens with zero attached hydrogens (tertiary/aromatic N) is 3. The summed E-state index contributed by atoms with van der Waals surface area (Å²) in [7, 11) is 0. The van der Waals surface area contributed by atoms with E-state index in [0.717, 1.165) is 31.5 Å². The predicted octanol–water partition coefficient (Wildman–Crippen LogP) is 5.38. The highest BCUT2D eigenvalue weighted by Crippen LogP contribution is 2.37. The van der Waals surface area contributed by atoms with Crippen LogP contribution < -0.4 is 15.4 Å². The molecule has 1 unspecified atom stereocenters. The van der Waals surface area contributed by atoms with Crippen LogP contribution in [-0.4, -0.2) is 57.3 Å². The number of fused-ring (bicyclic) bond motifs is 1. The van der Waals surface area contributed by atoms with Crippen molar-refractivity contribution in [2.45, 2.75) is 50.9 Å². The lowest BCUT2D eigenvalue weighted by molar-refractivity contribution is -0.205. The summed E-state index contributed by atoms with van der Waals surface area (Å²) >= 11 is 0. The fourth-order valence-corrected chi connectivity index (χ4v) is 4.91. The average Bonchev–Trinajstić information content (AvgIpc) is 2.95. The van der Waals surface area contributed by atoms with Crippen LogP contribution in [0.15, 0.2) is 60.9 Å². The summed E-state index contributed by atoms with van der Waals surface area (Å²) in [4.78, 5) is 25.9. The number of carbonyl (C=O) groups excluding carboxylic acids is 1. The molecular weight excluding hydrogens is 535 g/mol. The molecule has 8 nitrogen and oxygen atoms in total. The molecular formula is C30H30F3N5O3. The van der Waals surface area contributed by atoms with E-state index in [9.17, 15) is 23.1 Å². The molecule has 0 aliphatic carbocycles. The molecule has 11 heteroatoms. The highest BCUT2D eigenvalue weighted by Gasteiger charge is 2.39. The van der Waals surface area contributed by atoms with Crippen LogP contribution in [0.2, 0.25) is 0 Å². The van der Waals surface area contributed by atoms with Crippen molar-refractivity contribution in [1.29, 1.82) is 0 Å². The lowest BCUT2D eigenvalue weighted by Crippen LogP contribution is -2.38. The Kier molecular flexibility index (Phi) is 8.46. The van der Waals surface area contributed by atoms with Crippen LogP contribution in [0.25, 0.3) is 22.0 Å². The Morgan fingerprint density at radius 2 is 1.98 bits per heavy atom. The number of aliphatic hydroxyl groups excluding tert-OH is 1. The molecule has 2 aromatic heterocycles. The van der Waals surface area contributed by atoms with E-state index in [-0.39, 0.29) is 12.5 Å². The molecule has 5 rings (SSSR count). The highest BCUT2D eigenvalue weighted by molar-refractivity contribution is 5.95. The summed E-state index contributed by atoms with van der Waals surface area (Å²) < 4.78 is 44.6. The van der Waals surface area contributed by atoms with Crippen molar-refractivity contribution in [2.75, 3.05) is 18.4 Å². The maximum Gasteiger partial charge on any atom is 0.414 e. The quantitative estimate of drug-likeness (QED) is 0.248. The van der Waals surface area contributed by atoms with Gasteiger partial charge in [-0.15, -0.1) is 0 Å². The number of benzene rings is 2. The van der Waals surface area contributed by atoms with E-state index in [0.29, 0.717) is 45.2 Å². The van der Waals surface area contributed by atoms with Crippen molar-refractivity contribution in [1.82, 2.24) is 20.3 Å². The molecule has 2 atom stereocenters. The fourth-order valence-electron chi connectivity index (χ4n) is 4.91. The molecule has 1 aliphatic rings. The van der Waals surface area contributed by atoms with Gasteiger partial charge in [-0.25, -0.2) is 15.0 Å². The Morgan fingerprint density at radius 1 is 1.12 bits per heavy atom. The SMILES string of the molecule is Cc1ccc2c(CC(=O)CC(O)C(F)(F)F)cccc2c1Oc1ncccc1-c1ccnc(N[C@H]2CCCNC2)n1. The van der Waals surface area contributed by atoms with E-state index >= 15 is 0 Å². The molecule has 1 saturated heterocycles. The topological polar surface area (TPSA) is 109 Å². The Morgan fingerprint density at radius 3 is 2.76 bits per heavy atom. The molecule has 4 aromatic rings. The minimum absolute atomic E-state index is 0.236. The van der Waals surface area contributed by atoms with Gasteiger partial charge in [-0.3, -0.25) is 4.79 Å². The number of ether oxygens (including phenoxy) is 1. The van der Waals surface area contributed by atoms with Crippen molar-refractivity contribution in [3.63, 3.8) is 0 Å². The zero-order chi connectivity index (χ0) is 29.0. The number of aromatic nitrogens is 3. The largest absolute Gasteiger partial charge is 0.437 e. The first-order valence-corrected chi connectivity index (χ1v) is 13.4. The Labute approximate surface area is 235 Å². The van der Waals surface area contributed by atoms with Crippen LogP contribution in [-0.2, 0) is 11.2 Å². The standard InChI is InChI=1S/C30H30F3N5O3/c1-18-9-10-22-19(15-21(39)16-26(40)30(31,32)33)5-2-7-23(22)27(18)41-28-24(8-4-13-35-28)25-11-14-36-29(38-25)37-20-6-3-12-34-17-20/h2,4-5,7-11,13-14,20,26,34,40H,3,6,12,15-17H2,1H3,(H,36,37,38)/t20-,26?/m0/s1. The molecule has 1 fully saturated rings. The summed E-state index contributed by atoms with van der Waals surface area (Å²) in [5, 5.41) is 17.4. The third kappa shape index (κ3) is 6.80. The van der Waals surface area contributed by atoms with Gasteiger partial charge in [-0.2, -0.15) is 13.2 Å². The summed E-state index contributed by atoms with van der Waals surface area (Å²) in [5.74, 6) is 0.626. The number of hydrogen-bond acceptors (Lipinski definition) is 8. The Bertz CT molecular complexity index is 1540. The van der Waals surface area contributed by atoms with E-state index in [1.807, 2.05) is 31.2 Å². The molecule has 1 aliphatic heterocycles. The number of nitrogens with one attached hydrogen (secondary N) is 2. The fraction of sp³-hybridized carbons (Fsp3) is 0.333. The number of ketones is 1. The zero-order valence-electron chi connectivity index (χ0n) is 22.4. The number of aliphatic hydroxyl groups is 1. The minimum Gasteiger partial charge on any atom is -0.437 e. The molecule has 41 heavy (non-hydrogen) atoms. The van der Waals surface area contributed by atoms with Crippen LogP contribution in [0.5, 0.6) is 11.6 Å². The van der Waals surface area contributed by atoms with E-state index in [1.165, 1.54) is 0 Å². The van der Waals surface area contributed by atoms with Crippen molar-refractivity contribution >= 4 is 22.5 Å². The second-order valence-electron chi connectivity index (χ2n) is 10.1. The van der Waals surface area contributed by atoms with Gasteiger partial charge in [0, 0.05) is 43.2 Å². The number of pyridine rings is 1. The van der Waals surface area contributed by atoms with Gasteiger partial charge in [0.15, 0.2) is 6.10 Å². The van der Waals surface area contributed by atoms with E-state index in [1.54, 1.807) is 36.7 Å². The Hall–Kier alpha value is -4.09. The molecule has 0 spiro atoms. The number of alkyl halides is 3. The number of rotatable bonds is 9. The molecule has 0 bridgehead atoms. The normalized spacial score (nSPS) is 16.4. The second-order valence-corrected chi connectivity index (χ2v) is 10.1. The molecule has 0 amide bonds. The Balaban J connectivity index is 1.43. The van der Waals surface area contributed by atoms with E-state index in [2.05, 4.69) is 20.6 Å². The first-order valence-electron chi connectivity index (χ1n) is 13.4. The van der Waals surface area contributed by atoms with Gasteiger partial charge in [0.2, 0.25) is 11.8 Å². The van der Waals surface area contributed by atoms with E-state index < -0.39 is 24.5 Å². The monoisotopic (exact) mass is 565 g/mol. The molecule has 0 radical (unpaired) electrons. The minimum atomic E-state index is -4.85. The van der Waals surface area contributed by atoms with Crippen LogP contribution in [0.3, 0.4) is 0 Å². The number of aryl methyl sites for hydroxylation is 1. The maximum atomic E-state index is 12.7. The van der Waals surface area contributed by atoms with Crippen LogP contribution >= 0.6 is 0 Å². The number of halogens is 3. The van der Waals surface area contributed by atoms with Crippen molar-refractivity contribution in [2.24, 2.45) is 0 Å². The maximum absolute atomic E-state index is 12.7. The van der Waals surface area contributed by atoms with Gasteiger partial charge in [0.1, 0.15) is 11.5 Å². The number of anilines is 1. The summed E-state index contributed by atoms with van der Waals surface area (Å²) in [6.45, 7) is 3.72. The van der Waals surface area contributed by atoms with Gasteiger partial charge >= 0.3 is 6.18 Å². The van der Waals surface area contributed by atoms with Gasteiger partial charge in [0.25, 0.3) is 0 Å². The summed E-state index contributed by atoms with van der Waals surface area (Å²) in [6.07, 6.45) is -3.39. The van der Waals surface area contributed by atoms with Crippen molar-refractivity contribution < 1.29 is 27.8 Å². The third-order valence-corrected chi connectivity index (χ3v) is 7.02. The van der Waals surface area contributed by atoms with E-state index in [4.69, 9.17) is 9.72 Å². The lowest BCUT2D eigenvalue weighted by Gasteiger charge is -2.23. The summed E-state index contributed by atoms with van der Waals surface area (Å²) in [5.41, 5.74) is 2.63. The van der Waals surface area contributed by atoms with Crippen molar-refractivity contribution in [3.05, 3.63) is 72.1 Å². The number of carbonyl (C=O) groups is 1.